The minimum absolute atomic E-state index is 0.143. The molecule has 194 valence electrons. The van der Waals surface area contributed by atoms with Gasteiger partial charge in [0.1, 0.15) is 11.8 Å². The lowest BCUT2D eigenvalue weighted by molar-refractivity contribution is -0.152. The number of hydrogen-bond donors (Lipinski definition) is 2. The van der Waals surface area contributed by atoms with Gasteiger partial charge >= 0.3 is 5.97 Å². The number of nitrogens with zero attached hydrogens (tertiary/aromatic N) is 2. The highest BCUT2D eigenvalue weighted by Gasteiger charge is 2.45. The molecule has 2 amide bonds. The Morgan fingerprint density at radius 2 is 1.89 bits per heavy atom. The summed E-state index contributed by atoms with van der Waals surface area (Å²) in [5, 5.41) is 13.1. The fourth-order valence-electron chi connectivity index (χ4n) is 5.39. The van der Waals surface area contributed by atoms with Crippen LogP contribution in [-0.2, 0) is 19.7 Å². The Morgan fingerprint density at radius 3 is 2.49 bits per heavy atom. The Bertz CT molecular complexity index is 955. The summed E-state index contributed by atoms with van der Waals surface area (Å²) in [6, 6.07) is 4.53. The number of nitrogens with one attached hydrogen (secondary N) is 1. The van der Waals surface area contributed by atoms with E-state index in [1.54, 1.807) is 17.0 Å². The highest BCUT2D eigenvalue weighted by molar-refractivity contribution is 5.98. The van der Waals surface area contributed by atoms with Crippen LogP contribution in [0.25, 0.3) is 0 Å². The number of carbonyl (C=O) groups is 3. The van der Waals surface area contributed by atoms with Crippen LogP contribution in [0.4, 0.5) is 0 Å². The van der Waals surface area contributed by atoms with E-state index >= 15 is 0 Å². The van der Waals surface area contributed by atoms with Crippen LogP contribution in [0, 0.1) is 5.92 Å². The fourth-order valence-corrected chi connectivity index (χ4v) is 5.39. The van der Waals surface area contributed by atoms with Crippen molar-refractivity contribution in [3.05, 3.63) is 29.3 Å². The Hall–Kier alpha value is -2.61. The maximum Gasteiger partial charge on any atom is 0.310 e. The number of benzene rings is 1. The summed E-state index contributed by atoms with van der Waals surface area (Å²) in [5.74, 6) is -1.02. The van der Waals surface area contributed by atoms with Gasteiger partial charge in [-0.15, -0.1) is 0 Å². The highest BCUT2D eigenvalue weighted by Crippen LogP contribution is 2.35. The molecule has 3 rings (SSSR count). The number of phenolic OH excluding ortho intramolecular Hbond substituents is 1. The molecule has 1 heterocycles. The molecule has 2 fully saturated rings. The monoisotopic (exact) mass is 487 g/mol. The first-order valence-electron chi connectivity index (χ1n) is 12.6. The highest BCUT2D eigenvalue weighted by atomic mass is 16.5. The van der Waals surface area contributed by atoms with E-state index in [2.05, 4.69) is 31.1 Å². The van der Waals surface area contributed by atoms with Gasteiger partial charge in [0.15, 0.2) is 0 Å². The summed E-state index contributed by atoms with van der Waals surface area (Å²) in [4.78, 5) is 43.1. The van der Waals surface area contributed by atoms with Crippen molar-refractivity contribution in [2.75, 3.05) is 20.7 Å². The SMILES string of the molecule is COC(=O)[C@H]1C[C@H](N(C)C(C)C)CC[C@@H]1N1CCC(NC(=O)c2ccc(O)c(C(C)(C)C)c2)C1=O. The molecule has 1 aromatic carbocycles. The predicted octanol–water partition coefficient (Wildman–Crippen LogP) is 3.07. The molecule has 0 radical (unpaired) electrons. The van der Waals surface area contributed by atoms with Gasteiger partial charge in [-0.1, -0.05) is 20.8 Å². The molecule has 2 N–H and O–H groups in total. The van der Waals surface area contributed by atoms with E-state index in [1.807, 2.05) is 20.8 Å². The Morgan fingerprint density at radius 1 is 1.20 bits per heavy atom. The smallest absolute Gasteiger partial charge is 0.310 e. The third-order valence-corrected chi connectivity index (χ3v) is 7.69. The van der Waals surface area contributed by atoms with Crippen LogP contribution in [0.15, 0.2) is 18.2 Å². The van der Waals surface area contributed by atoms with Crippen LogP contribution in [0.1, 0.15) is 76.2 Å². The number of ether oxygens (including phenoxy) is 1. The van der Waals surface area contributed by atoms with Crippen LogP contribution in [0.3, 0.4) is 0 Å². The molecule has 0 bridgehead atoms. The maximum absolute atomic E-state index is 13.3. The van der Waals surface area contributed by atoms with Crippen molar-refractivity contribution in [3.63, 3.8) is 0 Å². The average Bonchev–Trinajstić information content (AvgIpc) is 3.16. The molecule has 1 aromatic rings. The molecule has 1 saturated carbocycles. The largest absolute Gasteiger partial charge is 0.508 e. The molecular formula is C27H41N3O5. The van der Waals surface area contributed by atoms with Gasteiger partial charge in [0.2, 0.25) is 5.91 Å². The van der Waals surface area contributed by atoms with Crippen molar-refractivity contribution in [1.82, 2.24) is 15.1 Å². The van der Waals surface area contributed by atoms with Crippen LogP contribution in [0.2, 0.25) is 0 Å². The van der Waals surface area contributed by atoms with Crippen molar-refractivity contribution >= 4 is 17.8 Å². The lowest BCUT2D eigenvalue weighted by atomic mass is 9.80. The summed E-state index contributed by atoms with van der Waals surface area (Å²) < 4.78 is 5.12. The van der Waals surface area contributed by atoms with Gasteiger partial charge in [-0.25, -0.2) is 0 Å². The Balaban J connectivity index is 1.72. The van der Waals surface area contributed by atoms with Crippen molar-refractivity contribution in [3.8, 4) is 5.75 Å². The third kappa shape index (κ3) is 5.80. The second-order valence-corrected chi connectivity index (χ2v) is 11.3. The van der Waals surface area contributed by atoms with E-state index in [0.717, 1.165) is 12.8 Å². The number of hydrogen-bond acceptors (Lipinski definition) is 6. The lowest BCUT2D eigenvalue weighted by Crippen LogP contribution is -2.53. The quantitative estimate of drug-likeness (QED) is 0.599. The number of aromatic hydroxyl groups is 1. The molecule has 8 heteroatoms. The van der Waals surface area contributed by atoms with Crippen molar-refractivity contribution in [2.24, 2.45) is 5.92 Å². The van der Waals surface area contributed by atoms with Crippen molar-refractivity contribution in [1.29, 1.82) is 0 Å². The fraction of sp³-hybridized carbons (Fsp3) is 0.667. The first-order chi connectivity index (χ1) is 16.3. The third-order valence-electron chi connectivity index (χ3n) is 7.69. The molecular weight excluding hydrogens is 446 g/mol. The van der Waals surface area contributed by atoms with Gasteiger partial charge in [-0.05, 0) is 70.2 Å². The molecule has 2 aliphatic rings. The topological polar surface area (TPSA) is 99.2 Å². The zero-order chi connectivity index (χ0) is 26.1. The molecule has 1 saturated heterocycles. The number of rotatable bonds is 6. The van der Waals surface area contributed by atoms with E-state index in [9.17, 15) is 19.5 Å². The summed E-state index contributed by atoms with van der Waals surface area (Å²) in [7, 11) is 3.47. The van der Waals surface area contributed by atoms with E-state index in [-0.39, 0.29) is 46.9 Å². The number of likely N-dealkylation sites (tertiary alicyclic amines) is 1. The molecule has 4 atom stereocenters. The van der Waals surface area contributed by atoms with Gasteiger partial charge in [0.05, 0.1) is 13.0 Å². The number of methoxy groups -OCH3 is 1. The maximum atomic E-state index is 13.3. The summed E-state index contributed by atoms with van der Waals surface area (Å²) in [6.07, 6.45) is 2.77. The second kappa shape index (κ2) is 10.6. The number of phenols is 1. The molecule has 0 spiro atoms. The predicted molar refractivity (Wildman–Crippen MR) is 134 cm³/mol. The minimum atomic E-state index is -0.635. The molecule has 1 aliphatic heterocycles. The number of carbonyl (C=O) groups excluding carboxylic acids is 3. The molecule has 8 nitrogen and oxygen atoms in total. The number of amides is 2. The van der Waals surface area contributed by atoms with Crippen molar-refractivity contribution in [2.45, 2.75) is 89.9 Å². The normalized spacial score (nSPS) is 25.3. The summed E-state index contributed by atoms with van der Waals surface area (Å²) in [6.45, 7) is 10.7. The molecule has 35 heavy (non-hydrogen) atoms. The van der Waals surface area contributed by atoms with E-state index in [0.29, 0.717) is 36.6 Å². The molecule has 0 aromatic heterocycles. The number of esters is 1. The van der Waals surface area contributed by atoms with Crippen LogP contribution in [-0.4, -0.2) is 77.6 Å². The Kier molecular flexibility index (Phi) is 8.14. The first-order valence-corrected chi connectivity index (χ1v) is 12.6. The van der Waals surface area contributed by atoms with Crippen LogP contribution in [0.5, 0.6) is 5.75 Å². The van der Waals surface area contributed by atoms with E-state index in [4.69, 9.17) is 4.74 Å². The average molecular weight is 488 g/mol. The van der Waals surface area contributed by atoms with Crippen LogP contribution >= 0.6 is 0 Å². The van der Waals surface area contributed by atoms with Gasteiger partial charge in [0, 0.05) is 35.8 Å². The zero-order valence-electron chi connectivity index (χ0n) is 22.1. The van der Waals surface area contributed by atoms with Crippen molar-refractivity contribution < 1.29 is 24.2 Å². The van der Waals surface area contributed by atoms with E-state index in [1.165, 1.54) is 13.2 Å². The standard InChI is InChI=1S/C27H41N3O5/c1-16(2)29(6)18-9-10-22(19(15-18)26(34)35-7)30-13-12-21(25(30)33)28-24(32)17-8-11-23(31)20(14-17)27(3,4)5/h8,11,14,16,18-19,21-22,31H,9-10,12-13,15H2,1-7H3,(H,28,32)/t18-,19+,21?,22+/m1/s1. The minimum Gasteiger partial charge on any atom is -0.508 e. The van der Waals surface area contributed by atoms with E-state index < -0.39 is 6.04 Å². The molecule has 1 unspecified atom stereocenters. The van der Waals surface area contributed by atoms with Gasteiger partial charge in [-0.3, -0.25) is 14.4 Å². The van der Waals surface area contributed by atoms with Crippen LogP contribution < -0.4 is 5.32 Å². The van der Waals surface area contributed by atoms with Gasteiger partial charge < -0.3 is 25.0 Å². The second-order valence-electron chi connectivity index (χ2n) is 11.3. The lowest BCUT2D eigenvalue weighted by Gasteiger charge is -2.43. The first kappa shape index (κ1) is 27.0. The zero-order valence-corrected chi connectivity index (χ0v) is 22.1. The van der Waals surface area contributed by atoms with Gasteiger partial charge in [-0.2, -0.15) is 0 Å². The molecule has 1 aliphatic carbocycles. The summed E-state index contributed by atoms with van der Waals surface area (Å²) in [5.41, 5.74) is 0.753. The van der Waals surface area contributed by atoms with Gasteiger partial charge in [0.25, 0.3) is 5.91 Å². The Labute approximate surface area is 209 Å². The summed E-state index contributed by atoms with van der Waals surface area (Å²) >= 11 is 0.